The third kappa shape index (κ3) is 3.38. The lowest BCUT2D eigenvalue weighted by Crippen LogP contribution is -2.39. The molecule has 0 radical (unpaired) electrons. The van der Waals surface area contributed by atoms with Gasteiger partial charge in [0.25, 0.3) is 5.91 Å². The van der Waals surface area contributed by atoms with Crippen LogP contribution in [0.4, 0.5) is 0 Å². The monoisotopic (exact) mass is 372 g/mol. The first-order valence-electron chi connectivity index (χ1n) is 8.41. The van der Waals surface area contributed by atoms with Gasteiger partial charge < -0.3 is 14.6 Å². The normalized spacial score (nSPS) is 16.3. The van der Waals surface area contributed by atoms with Crippen LogP contribution in [-0.4, -0.2) is 46.8 Å². The number of aromatic nitrogens is 2. The van der Waals surface area contributed by atoms with Crippen LogP contribution in [0.15, 0.2) is 59.2 Å². The number of nitrogens with zero attached hydrogens (tertiary/aromatic N) is 3. The molecule has 1 unspecified atom stereocenters. The largest absolute Gasteiger partial charge is 0.463 e. The number of likely N-dealkylation sites (N-methyl/N-ethyl adjacent to an activating group) is 1. The second-order valence-electron chi connectivity index (χ2n) is 6.20. The summed E-state index contributed by atoms with van der Waals surface area (Å²) < 4.78 is 7.15. The number of amides is 1. The van der Waals surface area contributed by atoms with E-state index in [2.05, 4.69) is 10.4 Å². The van der Waals surface area contributed by atoms with Crippen molar-refractivity contribution in [2.45, 2.75) is 12.5 Å². The van der Waals surface area contributed by atoms with E-state index in [0.29, 0.717) is 17.1 Å². The fourth-order valence-corrected chi connectivity index (χ4v) is 3.16. The van der Waals surface area contributed by atoms with Crippen molar-refractivity contribution in [1.29, 1.82) is 0 Å². The Morgan fingerprint density at radius 1 is 1.27 bits per heavy atom. The summed E-state index contributed by atoms with van der Waals surface area (Å²) in [5.74, 6) is 0.608. The highest BCUT2D eigenvalue weighted by Gasteiger charge is 2.27. The van der Waals surface area contributed by atoms with E-state index in [1.807, 2.05) is 54.4 Å². The molecule has 2 aromatic heterocycles. The van der Waals surface area contributed by atoms with Gasteiger partial charge in [-0.25, -0.2) is 4.68 Å². The van der Waals surface area contributed by atoms with E-state index in [0.717, 1.165) is 25.2 Å². The van der Waals surface area contributed by atoms with E-state index >= 15 is 0 Å². The molecule has 1 atom stereocenters. The molecule has 7 heteroatoms. The maximum atomic E-state index is 13.1. The van der Waals surface area contributed by atoms with Gasteiger partial charge in [-0.1, -0.05) is 18.2 Å². The van der Waals surface area contributed by atoms with Gasteiger partial charge in [-0.15, -0.1) is 12.4 Å². The number of furan rings is 1. The number of nitrogens with one attached hydrogen (secondary N) is 1. The van der Waals surface area contributed by atoms with Crippen LogP contribution in [0.2, 0.25) is 0 Å². The van der Waals surface area contributed by atoms with Gasteiger partial charge in [-0.05, 0) is 37.2 Å². The number of hydrogen-bond acceptors (Lipinski definition) is 4. The molecule has 0 spiro atoms. The lowest BCUT2D eigenvalue weighted by molar-refractivity contribution is 0.0734. The zero-order chi connectivity index (χ0) is 17.2. The highest BCUT2D eigenvalue weighted by atomic mass is 35.5. The number of hydrogen-bond donors (Lipinski definition) is 1. The Labute approximate surface area is 158 Å². The molecule has 6 nitrogen and oxygen atoms in total. The molecular formula is C19H21ClN4O2. The fourth-order valence-electron chi connectivity index (χ4n) is 3.16. The average molecular weight is 373 g/mol. The summed E-state index contributed by atoms with van der Waals surface area (Å²) in [5.41, 5.74) is 2.03. The van der Waals surface area contributed by atoms with Crippen molar-refractivity contribution < 1.29 is 9.21 Å². The van der Waals surface area contributed by atoms with E-state index < -0.39 is 0 Å². The molecule has 1 aliphatic rings. The summed E-state index contributed by atoms with van der Waals surface area (Å²) in [6.45, 7) is 1.77. The number of rotatable bonds is 4. The maximum Gasteiger partial charge on any atom is 0.272 e. The zero-order valence-corrected chi connectivity index (χ0v) is 15.3. The summed E-state index contributed by atoms with van der Waals surface area (Å²) in [6.07, 6.45) is 2.57. The molecule has 3 heterocycles. The van der Waals surface area contributed by atoms with E-state index in [9.17, 15) is 4.79 Å². The minimum Gasteiger partial charge on any atom is -0.463 e. The highest BCUT2D eigenvalue weighted by molar-refractivity contribution is 5.94. The molecule has 4 rings (SSSR count). The predicted molar refractivity (Wildman–Crippen MR) is 102 cm³/mol. The van der Waals surface area contributed by atoms with Gasteiger partial charge in [0.2, 0.25) is 0 Å². The van der Waals surface area contributed by atoms with E-state index in [1.165, 1.54) is 0 Å². The Morgan fingerprint density at radius 3 is 2.73 bits per heavy atom. The first-order chi connectivity index (χ1) is 12.2. The Kier molecular flexibility index (Phi) is 5.44. The predicted octanol–water partition coefficient (Wildman–Crippen LogP) is 2.99. The van der Waals surface area contributed by atoms with Crippen LogP contribution in [0, 0.1) is 0 Å². The SMILES string of the molecule is CN(C(=O)c1cc(-c2ccco2)nn1-c1ccccc1)C1CCNC1.Cl. The van der Waals surface area contributed by atoms with Crippen molar-refractivity contribution in [2.24, 2.45) is 0 Å². The van der Waals surface area contributed by atoms with Crippen molar-refractivity contribution in [3.63, 3.8) is 0 Å². The molecule has 1 fully saturated rings. The molecular weight excluding hydrogens is 352 g/mol. The Bertz CT molecular complexity index is 855. The van der Waals surface area contributed by atoms with Crippen molar-refractivity contribution in [2.75, 3.05) is 20.1 Å². The van der Waals surface area contributed by atoms with Crippen molar-refractivity contribution in [3.05, 3.63) is 60.5 Å². The molecule has 0 bridgehead atoms. The zero-order valence-electron chi connectivity index (χ0n) is 14.5. The first kappa shape index (κ1) is 18.2. The van der Waals surface area contributed by atoms with Gasteiger partial charge in [0.05, 0.1) is 12.0 Å². The molecule has 0 saturated carbocycles. The molecule has 136 valence electrons. The minimum absolute atomic E-state index is 0. The molecule has 1 amide bonds. The van der Waals surface area contributed by atoms with Crippen LogP contribution >= 0.6 is 12.4 Å². The summed E-state index contributed by atoms with van der Waals surface area (Å²) in [7, 11) is 1.86. The summed E-state index contributed by atoms with van der Waals surface area (Å²) in [5, 5.41) is 7.91. The quantitative estimate of drug-likeness (QED) is 0.764. The Hall–Kier alpha value is -2.57. The smallest absolute Gasteiger partial charge is 0.272 e. The van der Waals surface area contributed by atoms with Gasteiger partial charge >= 0.3 is 0 Å². The van der Waals surface area contributed by atoms with Gasteiger partial charge in [0, 0.05) is 25.7 Å². The number of benzene rings is 1. The van der Waals surface area contributed by atoms with Crippen molar-refractivity contribution in [3.8, 4) is 17.1 Å². The molecule has 1 N–H and O–H groups in total. The van der Waals surface area contributed by atoms with Crippen molar-refractivity contribution in [1.82, 2.24) is 20.0 Å². The van der Waals surface area contributed by atoms with Gasteiger partial charge in [-0.3, -0.25) is 4.79 Å². The van der Waals surface area contributed by atoms with Gasteiger partial charge in [0.1, 0.15) is 11.4 Å². The fraction of sp³-hybridized carbons (Fsp3) is 0.263. The van der Waals surface area contributed by atoms with Gasteiger partial charge in [0.15, 0.2) is 5.76 Å². The Balaban J connectivity index is 0.00000196. The third-order valence-corrected chi connectivity index (χ3v) is 4.61. The average Bonchev–Trinajstić information content (AvgIpc) is 3.42. The summed E-state index contributed by atoms with van der Waals surface area (Å²) >= 11 is 0. The van der Waals surface area contributed by atoms with Crippen LogP contribution in [0.25, 0.3) is 17.1 Å². The molecule has 26 heavy (non-hydrogen) atoms. The third-order valence-electron chi connectivity index (χ3n) is 4.61. The molecule has 0 aliphatic carbocycles. The van der Waals surface area contributed by atoms with Crippen LogP contribution in [0.1, 0.15) is 16.9 Å². The summed E-state index contributed by atoms with van der Waals surface area (Å²) in [6, 6.07) is 15.3. The van der Waals surface area contributed by atoms with Crippen molar-refractivity contribution >= 4 is 18.3 Å². The summed E-state index contributed by atoms with van der Waals surface area (Å²) in [4.78, 5) is 14.9. The van der Waals surface area contributed by atoms with Crippen LogP contribution in [0.3, 0.4) is 0 Å². The number of carbonyl (C=O) groups excluding carboxylic acids is 1. The van der Waals surface area contributed by atoms with Crippen LogP contribution in [0.5, 0.6) is 0 Å². The number of carbonyl (C=O) groups is 1. The van der Waals surface area contributed by atoms with Gasteiger partial charge in [-0.2, -0.15) is 5.10 Å². The standard InChI is InChI=1S/C19H20N4O2.ClH/c1-22(15-9-10-20-13-15)19(24)17-12-16(18-8-5-11-25-18)21-23(17)14-6-3-2-4-7-14;/h2-8,11-12,15,20H,9-10,13H2,1H3;1H. The van der Waals surface area contributed by atoms with Crippen LogP contribution < -0.4 is 5.32 Å². The highest BCUT2D eigenvalue weighted by Crippen LogP contribution is 2.23. The molecule has 1 saturated heterocycles. The second kappa shape index (κ2) is 7.76. The Morgan fingerprint density at radius 2 is 2.08 bits per heavy atom. The van der Waals surface area contributed by atoms with E-state index in [4.69, 9.17) is 4.42 Å². The second-order valence-corrected chi connectivity index (χ2v) is 6.20. The number of para-hydroxylation sites is 1. The van der Waals surface area contributed by atoms with E-state index in [1.54, 1.807) is 17.0 Å². The molecule has 3 aromatic rings. The topological polar surface area (TPSA) is 63.3 Å². The lowest BCUT2D eigenvalue weighted by atomic mass is 10.2. The maximum absolute atomic E-state index is 13.1. The minimum atomic E-state index is -0.0390. The lowest BCUT2D eigenvalue weighted by Gasteiger charge is -2.23. The first-order valence-corrected chi connectivity index (χ1v) is 8.41. The molecule has 1 aromatic carbocycles. The molecule has 1 aliphatic heterocycles. The van der Waals surface area contributed by atoms with E-state index in [-0.39, 0.29) is 24.4 Å². The number of halogens is 1. The van der Waals surface area contributed by atoms with Crippen LogP contribution in [-0.2, 0) is 0 Å².